The summed E-state index contributed by atoms with van der Waals surface area (Å²) in [6.45, 7) is 3.97. The lowest BCUT2D eigenvalue weighted by atomic mass is 10.1. The van der Waals surface area contributed by atoms with Gasteiger partial charge in [0.15, 0.2) is 0 Å². The molecule has 0 aliphatic heterocycles. The van der Waals surface area contributed by atoms with Gasteiger partial charge in [-0.2, -0.15) is 4.72 Å². The number of hydrogen-bond acceptors (Lipinski definition) is 4. The van der Waals surface area contributed by atoms with Gasteiger partial charge >= 0.3 is 5.97 Å². The first-order valence-electron chi connectivity index (χ1n) is 8.80. The van der Waals surface area contributed by atoms with Crippen LogP contribution in [0, 0.1) is 0 Å². The highest BCUT2D eigenvalue weighted by atomic mass is 32.2. The van der Waals surface area contributed by atoms with Crippen LogP contribution >= 0.6 is 0 Å². The monoisotopic (exact) mass is 375 g/mol. The van der Waals surface area contributed by atoms with Crippen LogP contribution < -0.4 is 4.72 Å². The molecule has 26 heavy (non-hydrogen) atoms. The maximum Gasteiger partial charge on any atom is 0.328 e. The number of hydrogen-bond donors (Lipinski definition) is 1. The first-order chi connectivity index (χ1) is 12.5. The van der Waals surface area contributed by atoms with Gasteiger partial charge in [-0.05, 0) is 43.0 Å². The van der Waals surface area contributed by atoms with Crippen LogP contribution in [-0.2, 0) is 26.0 Å². The van der Waals surface area contributed by atoms with Crippen molar-refractivity contribution in [2.24, 2.45) is 0 Å². The lowest BCUT2D eigenvalue weighted by Crippen LogP contribution is -2.35. The number of nitrogens with one attached hydrogen (secondary N) is 1. The third-order valence-electron chi connectivity index (χ3n) is 3.98. The molecule has 1 N–H and O–H groups in total. The Morgan fingerprint density at radius 2 is 1.69 bits per heavy atom. The Morgan fingerprint density at radius 1 is 1.04 bits per heavy atom. The van der Waals surface area contributed by atoms with Gasteiger partial charge in [0.2, 0.25) is 10.0 Å². The molecule has 5 nitrogen and oxygen atoms in total. The molecule has 0 amide bonds. The molecular weight excluding hydrogens is 350 g/mol. The van der Waals surface area contributed by atoms with Crippen LogP contribution in [0.5, 0.6) is 0 Å². The third-order valence-corrected chi connectivity index (χ3v) is 5.42. The normalized spacial score (nSPS) is 12.5. The third kappa shape index (κ3) is 5.41. The molecule has 1 unspecified atom stereocenters. The maximum atomic E-state index is 12.7. The molecular formula is C20H25NO4S. The number of carbonyl (C=O) groups is 1. The van der Waals surface area contributed by atoms with E-state index in [1.807, 2.05) is 12.1 Å². The highest BCUT2D eigenvalue weighted by Crippen LogP contribution is 2.19. The van der Waals surface area contributed by atoms with E-state index in [-0.39, 0.29) is 11.5 Å². The zero-order chi connectivity index (χ0) is 19.0. The van der Waals surface area contributed by atoms with Crippen molar-refractivity contribution in [2.45, 2.75) is 44.0 Å². The minimum absolute atomic E-state index is 0.128. The van der Waals surface area contributed by atoms with Crippen LogP contribution in [0.25, 0.3) is 0 Å². The molecule has 0 fully saturated rings. The van der Waals surface area contributed by atoms with Crippen LogP contribution in [0.15, 0.2) is 59.5 Å². The van der Waals surface area contributed by atoms with E-state index >= 15 is 0 Å². The number of rotatable bonds is 9. The summed E-state index contributed by atoms with van der Waals surface area (Å²) in [5.41, 5.74) is 1.63. The molecule has 2 aromatic rings. The number of unbranched alkanes of at least 4 members (excludes halogenated alkanes) is 1. The molecule has 0 aromatic heterocycles. The van der Waals surface area contributed by atoms with E-state index in [9.17, 15) is 13.2 Å². The Kier molecular flexibility index (Phi) is 7.36. The second-order valence-corrected chi connectivity index (χ2v) is 7.68. The second kappa shape index (κ2) is 9.50. The minimum Gasteiger partial charge on any atom is -0.465 e. The molecule has 0 saturated heterocycles. The van der Waals surface area contributed by atoms with Gasteiger partial charge in [-0.25, -0.2) is 13.2 Å². The van der Waals surface area contributed by atoms with E-state index in [0.29, 0.717) is 5.56 Å². The van der Waals surface area contributed by atoms with E-state index in [0.717, 1.165) is 24.8 Å². The molecule has 0 saturated carbocycles. The van der Waals surface area contributed by atoms with Gasteiger partial charge in [0.1, 0.15) is 6.04 Å². The number of carbonyl (C=O) groups excluding carboxylic acids is 1. The summed E-state index contributed by atoms with van der Waals surface area (Å²) < 4.78 is 33.0. The molecule has 6 heteroatoms. The van der Waals surface area contributed by atoms with E-state index < -0.39 is 22.0 Å². The second-order valence-electron chi connectivity index (χ2n) is 5.96. The zero-order valence-electron chi connectivity index (χ0n) is 15.1. The fraction of sp³-hybridized carbons (Fsp3) is 0.350. The first-order valence-corrected chi connectivity index (χ1v) is 10.3. The Labute approximate surface area is 155 Å². The molecule has 0 aliphatic rings. The van der Waals surface area contributed by atoms with Crippen LogP contribution in [0.4, 0.5) is 0 Å². The topological polar surface area (TPSA) is 72.5 Å². The van der Waals surface area contributed by atoms with Crippen molar-refractivity contribution < 1.29 is 17.9 Å². The fourth-order valence-corrected chi connectivity index (χ4v) is 3.74. The number of sulfonamides is 1. The average Bonchev–Trinajstić information content (AvgIpc) is 2.65. The zero-order valence-corrected chi connectivity index (χ0v) is 16.0. The van der Waals surface area contributed by atoms with Crippen molar-refractivity contribution in [3.8, 4) is 0 Å². The predicted molar refractivity (Wildman–Crippen MR) is 101 cm³/mol. The number of esters is 1. The van der Waals surface area contributed by atoms with Gasteiger partial charge in [0, 0.05) is 0 Å². The van der Waals surface area contributed by atoms with Gasteiger partial charge in [0.05, 0.1) is 11.5 Å². The smallest absolute Gasteiger partial charge is 0.328 e. The maximum absolute atomic E-state index is 12.7. The van der Waals surface area contributed by atoms with E-state index in [4.69, 9.17) is 4.74 Å². The highest BCUT2D eigenvalue weighted by molar-refractivity contribution is 7.89. The van der Waals surface area contributed by atoms with Gasteiger partial charge < -0.3 is 4.74 Å². The van der Waals surface area contributed by atoms with Crippen molar-refractivity contribution in [1.82, 2.24) is 4.72 Å². The summed E-state index contributed by atoms with van der Waals surface area (Å²) in [6.07, 6.45) is 3.06. The summed E-state index contributed by atoms with van der Waals surface area (Å²) in [6, 6.07) is 14.4. The number of aryl methyl sites for hydroxylation is 1. The van der Waals surface area contributed by atoms with E-state index in [1.54, 1.807) is 49.4 Å². The minimum atomic E-state index is -3.86. The molecule has 140 valence electrons. The van der Waals surface area contributed by atoms with Crippen LogP contribution in [-0.4, -0.2) is 21.0 Å². The van der Waals surface area contributed by atoms with Crippen LogP contribution in [0.2, 0.25) is 0 Å². The van der Waals surface area contributed by atoms with Crippen LogP contribution in [0.1, 0.15) is 43.9 Å². The van der Waals surface area contributed by atoms with Crippen molar-refractivity contribution in [3.63, 3.8) is 0 Å². The predicted octanol–water partition coefficient (Wildman–Crippen LogP) is 3.61. The SMILES string of the molecule is CCCCc1ccc(S(=O)(=O)NC(C(=O)OCC)c2ccccc2)cc1. The van der Waals surface area contributed by atoms with Gasteiger partial charge in [-0.1, -0.05) is 55.8 Å². The molecule has 1 atom stereocenters. The van der Waals surface area contributed by atoms with Gasteiger partial charge in [0.25, 0.3) is 0 Å². The standard InChI is InChI=1S/C20H25NO4S/c1-3-5-9-16-12-14-18(15-13-16)26(23,24)21-19(20(22)25-4-2)17-10-7-6-8-11-17/h6-8,10-15,19,21H,3-5,9H2,1-2H3. The largest absolute Gasteiger partial charge is 0.465 e. The summed E-state index contributed by atoms with van der Waals surface area (Å²) >= 11 is 0. The Morgan fingerprint density at radius 3 is 2.27 bits per heavy atom. The fourth-order valence-electron chi connectivity index (χ4n) is 2.56. The summed E-state index contributed by atoms with van der Waals surface area (Å²) in [4.78, 5) is 12.4. The Bertz CT molecular complexity index is 801. The molecule has 0 spiro atoms. The summed E-state index contributed by atoms with van der Waals surface area (Å²) in [5, 5.41) is 0. The molecule has 0 heterocycles. The molecule has 0 radical (unpaired) electrons. The van der Waals surface area contributed by atoms with Crippen molar-refractivity contribution in [1.29, 1.82) is 0 Å². The molecule has 2 aromatic carbocycles. The van der Waals surface area contributed by atoms with E-state index in [1.165, 1.54) is 0 Å². The Hall–Kier alpha value is -2.18. The molecule has 0 bridgehead atoms. The number of benzene rings is 2. The van der Waals surface area contributed by atoms with Gasteiger partial charge in [-0.15, -0.1) is 0 Å². The first kappa shape index (κ1) is 20.1. The molecule has 0 aliphatic carbocycles. The van der Waals surface area contributed by atoms with Crippen LogP contribution in [0.3, 0.4) is 0 Å². The van der Waals surface area contributed by atoms with Crippen molar-refractivity contribution in [2.75, 3.05) is 6.61 Å². The van der Waals surface area contributed by atoms with Crippen molar-refractivity contribution >= 4 is 16.0 Å². The van der Waals surface area contributed by atoms with Gasteiger partial charge in [-0.3, -0.25) is 0 Å². The summed E-state index contributed by atoms with van der Waals surface area (Å²) in [7, 11) is -3.86. The number of ether oxygens (including phenoxy) is 1. The lowest BCUT2D eigenvalue weighted by molar-refractivity contribution is -0.145. The lowest BCUT2D eigenvalue weighted by Gasteiger charge is -2.18. The van der Waals surface area contributed by atoms with E-state index in [2.05, 4.69) is 11.6 Å². The van der Waals surface area contributed by atoms with Crippen molar-refractivity contribution in [3.05, 3.63) is 65.7 Å². The Balaban J connectivity index is 2.24. The average molecular weight is 375 g/mol. The summed E-state index contributed by atoms with van der Waals surface area (Å²) in [5.74, 6) is -0.623. The highest BCUT2D eigenvalue weighted by Gasteiger charge is 2.28. The molecule has 2 rings (SSSR count). The quantitative estimate of drug-likeness (QED) is 0.680.